The van der Waals surface area contributed by atoms with Crippen molar-refractivity contribution in [3.63, 3.8) is 0 Å². The summed E-state index contributed by atoms with van der Waals surface area (Å²) in [5, 5.41) is 3.96. The van der Waals surface area contributed by atoms with Gasteiger partial charge in [-0.1, -0.05) is 30.3 Å². The lowest BCUT2D eigenvalue weighted by Crippen LogP contribution is -2.14. The molecule has 4 rings (SSSR count). The zero-order valence-electron chi connectivity index (χ0n) is 12.3. The lowest BCUT2D eigenvalue weighted by atomic mass is 9.90. The van der Waals surface area contributed by atoms with E-state index < -0.39 is 0 Å². The molecule has 3 heteroatoms. The van der Waals surface area contributed by atoms with Crippen molar-refractivity contribution in [3.8, 4) is 0 Å². The van der Waals surface area contributed by atoms with Crippen molar-refractivity contribution >= 4 is 22.6 Å². The van der Waals surface area contributed by atoms with Gasteiger partial charge in [0.05, 0.1) is 0 Å². The van der Waals surface area contributed by atoms with Crippen molar-refractivity contribution in [2.24, 2.45) is 0 Å². The first kappa shape index (κ1) is 13.1. The van der Waals surface area contributed by atoms with Gasteiger partial charge in [0.2, 0.25) is 0 Å². The molecule has 1 heterocycles. The Morgan fingerprint density at radius 3 is 2.77 bits per heavy atom. The van der Waals surface area contributed by atoms with Crippen LogP contribution in [0.3, 0.4) is 0 Å². The predicted octanol–water partition coefficient (Wildman–Crippen LogP) is 4.56. The zero-order valence-corrected chi connectivity index (χ0v) is 12.3. The first-order chi connectivity index (χ1) is 10.8. The fourth-order valence-electron chi connectivity index (χ4n) is 3.18. The molecule has 0 unspecified atom stereocenters. The summed E-state index contributed by atoms with van der Waals surface area (Å²) in [6.07, 6.45) is 4.55. The minimum Gasteiger partial charge on any atom is -0.451 e. The first-order valence-corrected chi connectivity index (χ1v) is 7.72. The molecule has 2 aromatic carbocycles. The molecule has 1 N–H and O–H groups in total. The van der Waals surface area contributed by atoms with Crippen molar-refractivity contribution in [2.75, 3.05) is 5.32 Å². The standard InChI is InChI=1S/C19H17NO2/c21-19(18-12-14-7-2-4-11-17(14)22-18)20-16-10-5-8-13-6-1-3-9-15(13)16/h2,4-5,7-8,10-12H,1,3,6,9H2,(H,20,21). The van der Waals surface area contributed by atoms with E-state index in [1.807, 2.05) is 36.4 Å². The van der Waals surface area contributed by atoms with Crippen molar-refractivity contribution < 1.29 is 9.21 Å². The van der Waals surface area contributed by atoms with Crippen LogP contribution in [0, 0.1) is 0 Å². The molecule has 0 atom stereocenters. The number of hydrogen-bond donors (Lipinski definition) is 1. The first-order valence-electron chi connectivity index (χ1n) is 7.72. The van der Waals surface area contributed by atoms with Gasteiger partial charge in [0, 0.05) is 11.1 Å². The predicted molar refractivity (Wildman–Crippen MR) is 87.3 cm³/mol. The number of carbonyl (C=O) groups excluding carboxylic acids is 1. The van der Waals surface area contributed by atoms with E-state index in [-0.39, 0.29) is 5.91 Å². The van der Waals surface area contributed by atoms with E-state index in [9.17, 15) is 4.79 Å². The highest BCUT2D eigenvalue weighted by Gasteiger charge is 2.17. The fraction of sp³-hybridized carbons (Fsp3) is 0.211. The molecule has 1 amide bonds. The van der Waals surface area contributed by atoms with Crippen LogP contribution in [0.25, 0.3) is 11.0 Å². The summed E-state index contributed by atoms with van der Waals surface area (Å²) in [6, 6.07) is 15.6. The van der Waals surface area contributed by atoms with Gasteiger partial charge in [0.15, 0.2) is 5.76 Å². The summed E-state index contributed by atoms with van der Waals surface area (Å²) in [5.74, 6) is 0.171. The maximum Gasteiger partial charge on any atom is 0.291 e. The molecule has 1 aromatic heterocycles. The van der Waals surface area contributed by atoms with Gasteiger partial charge in [0.25, 0.3) is 5.91 Å². The Labute approximate surface area is 128 Å². The molecule has 0 fully saturated rings. The number of nitrogens with one attached hydrogen (secondary N) is 1. The van der Waals surface area contributed by atoms with Crippen LogP contribution >= 0.6 is 0 Å². The van der Waals surface area contributed by atoms with E-state index in [0.29, 0.717) is 5.76 Å². The molecular formula is C19H17NO2. The van der Waals surface area contributed by atoms with Crippen LogP contribution in [0.15, 0.2) is 52.9 Å². The fourth-order valence-corrected chi connectivity index (χ4v) is 3.18. The number of rotatable bonds is 2. The van der Waals surface area contributed by atoms with E-state index in [4.69, 9.17) is 4.42 Å². The highest BCUT2D eigenvalue weighted by atomic mass is 16.3. The second-order valence-corrected chi connectivity index (χ2v) is 5.75. The van der Waals surface area contributed by atoms with Crippen molar-refractivity contribution in [3.05, 3.63) is 65.4 Å². The van der Waals surface area contributed by atoms with Gasteiger partial charge >= 0.3 is 0 Å². The van der Waals surface area contributed by atoms with Gasteiger partial charge in [0.1, 0.15) is 5.58 Å². The van der Waals surface area contributed by atoms with Crippen LogP contribution in [-0.2, 0) is 12.8 Å². The smallest absolute Gasteiger partial charge is 0.291 e. The Morgan fingerprint density at radius 1 is 1.00 bits per heavy atom. The maximum absolute atomic E-state index is 12.5. The Balaban J connectivity index is 1.64. The Hall–Kier alpha value is -2.55. The molecule has 3 aromatic rings. The average molecular weight is 291 g/mol. The molecule has 3 nitrogen and oxygen atoms in total. The van der Waals surface area contributed by atoms with Gasteiger partial charge in [-0.05, 0) is 55.0 Å². The van der Waals surface area contributed by atoms with Crippen LogP contribution in [0.2, 0.25) is 0 Å². The van der Waals surface area contributed by atoms with E-state index >= 15 is 0 Å². The molecule has 1 aliphatic rings. The normalized spacial score (nSPS) is 13.8. The lowest BCUT2D eigenvalue weighted by Gasteiger charge is -2.19. The summed E-state index contributed by atoms with van der Waals surface area (Å²) in [5.41, 5.74) is 4.29. The second-order valence-electron chi connectivity index (χ2n) is 5.75. The zero-order chi connectivity index (χ0) is 14.9. The van der Waals surface area contributed by atoms with Crippen LogP contribution in [0.4, 0.5) is 5.69 Å². The van der Waals surface area contributed by atoms with Gasteiger partial charge in [-0.2, -0.15) is 0 Å². The van der Waals surface area contributed by atoms with Gasteiger partial charge in [-0.25, -0.2) is 0 Å². The topological polar surface area (TPSA) is 42.2 Å². The summed E-state index contributed by atoms with van der Waals surface area (Å²) < 4.78 is 5.63. The van der Waals surface area contributed by atoms with E-state index in [1.54, 1.807) is 6.07 Å². The summed E-state index contributed by atoms with van der Waals surface area (Å²) in [7, 11) is 0. The summed E-state index contributed by atoms with van der Waals surface area (Å²) >= 11 is 0. The second kappa shape index (κ2) is 5.34. The van der Waals surface area contributed by atoms with Crippen LogP contribution in [0.1, 0.15) is 34.5 Å². The third-order valence-electron chi connectivity index (χ3n) is 4.29. The van der Waals surface area contributed by atoms with E-state index in [2.05, 4.69) is 11.4 Å². The lowest BCUT2D eigenvalue weighted by molar-refractivity contribution is 0.0998. The Bertz CT molecular complexity index is 815. The molecule has 0 aliphatic heterocycles. The SMILES string of the molecule is O=C(Nc1cccc2c1CCCC2)c1cc2ccccc2o1. The van der Waals surface area contributed by atoms with Gasteiger partial charge in [-0.3, -0.25) is 4.79 Å². The Kier molecular flexibility index (Phi) is 3.19. The number of hydrogen-bond acceptors (Lipinski definition) is 2. The number of carbonyl (C=O) groups is 1. The number of anilines is 1. The molecule has 0 saturated carbocycles. The van der Waals surface area contributed by atoms with Crippen molar-refractivity contribution in [1.29, 1.82) is 0 Å². The summed E-state index contributed by atoms with van der Waals surface area (Å²) in [6.45, 7) is 0. The van der Waals surface area contributed by atoms with Crippen molar-refractivity contribution in [1.82, 2.24) is 0 Å². The maximum atomic E-state index is 12.5. The minimum absolute atomic E-state index is 0.185. The molecule has 0 bridgehead atoms. The van der Waals surface area contributed by atoms with E-state index in [1.165, 1.54) is 24.0 Å². The third-order valence-corrected chi connectivity index (χ3v) is 4.29. The number of benzene rings is 2. The number of para-hydroxylation sites is 1. The monoisotopic (exact) mass is 291 g/mol. The highest BCUT2D eigenvalue weighted by Crippen LogP contribution is 2.28. The van der Waals surface area contributed by atoms with Crippen LogP contribution in [-0.4, -0.2) is 5.91 Å². The van der Waals surface area contributed by atoms with Gasteiger partial charge < -0.3 is 9.73 Å². The highest BCUT2D eigenvalue weighted by molar-refractivity contribution is 6.05. The minimum atomic E-state index is -0.185. The summed E-state index contributed by atoms with van der Waals surface area (Å²) in [4.78, 5) is 12.5. The molecule has 110 valence electrons. The van der Waals surface area contributed by atoms with E-state index in [0.717, 1.165) is 29.5 Å². The molecular weight excluding hydrogens is 274 g/mol. The number of furan rings is 1. The third kappa shape index (κ3) is 2.29. The number of aryl methyl sites for hydroxylation is 1. The molecule has 0 spiro atoms. The Morgan fingerprint density at radius 2 is 1.86 bits per heavy atom. The molecule has 1 aliphatic carbocycles. The average Bonchev–Trinajstić information content (AvgIpc) is 2.99. The van der Waals surface area contributed by atoms with Gasteiger partial charge in [-0.15, -0.1) is 0 Å². The van der Waals surface area contributed by atoms with Crippen LogP contribution < -0.4 is 5.32 Å². The largest absolute Gasteiger partial charge is 0.451 e. The van der Waals surface area contributed by atoms with Crippen LogP contribution in [0.5, 0.6) is 0 Å². The quantitative estimate of drug-likeness (QED) is 0.752. The molecule has 22 heavy (non-hydrogen) atoms. The molecule has 0 radical (unpaired) electrons. The number of fused-ring (bicyclic) bond motifs is 2. The molecule has 0 saturated heterocycles. The van der Waals surface area contributed by atoms with Crippen molar-refractivity contribution in [2.45, 2.75) is 25.7 Å². The number of amides is 1.